The van der Waals surface area contributed by atoms with Gasteiger partial charge in [0.2, 0.25) is 0 Å². The third kappa shape index (κ3) is 3.51. The molecule has 0 bridgehead atoms. The van der Waals surface area contributed by atoms with E-state index in [0.29, 0.717) is 5.92 Å². The fourth-order valence-corrected chi connectivity index (χ4v) is 3.83. The molecule has 4 heteroatoms. The number of nitrogens with zero attached hydrogens (tertiary/aromatic N) is 2. The maximum Gasteiger partial charge on any atom is 0.108 e. The van der Waals surface area contributed by atoms with Crippen LogP contribution in [0.2, 0.25) is 0 Å². The number of hydrogen-bond acceptors (Lipinski definition) is 4. The van der Waals surface area contributed by atoms with Gasteiger partial charge < -0.3 is 5.32 Å². The Morgan fingerprint density at radius 2 is 1.90 bits per heavy atom. The van der Waals surface area contributed by atoms with Gasteiger partial charge in [0.1, 0.15) is 5.01 Å². The zero-order valence-corrected chi connectivity index (χ0v) is 13.6. The lowest BCUT2D eigenvalue weighted by atomic mass is 10.1. The average molecular weight is 301 g/mol. The van der Waals surface area contributed by atoms with Crippen LogP contribution in [0.5, 0.6) is 0 Å². The lowest BCUT2D eigenvalue weighted by Gasteiger charge is -2.26. The van der Waals surface area contributed by atoms with E-state index < -0.39 is 0 Å². The van der Waals surface area contributed by atoms with Gasteiger partial charge >= 0.3 is 0 Å². The summed E-state index contributed by atoms with van der Waals surface area (Å²) < 4.78 is 0. The Morgan fingerprint density at radius 3 is 2.57 bits per heavy atom. The lowest BCUT2D eigenvalue weighted by Crippen LogP contribution is -2.42. The van der Waals surface area contributed by atoms with Crippen molar-refractivity contribution in [2.24, 2.45) is 0 Å². The highest BCUT2D eigenvalue weighted by Crippen LogP contribution is 2.34. The Balaban J connectivity index is 1.86. The number of hydrogen-bond donors (Lipinski definition) is 1. The van der Waals surface area contributed by atoms with E-state index in [1.165, 1.54) is 21.1 Å². The first-order valence-corrected chi connectivity index (χ1v) is 8.54. The molecule has 1 aromatic heterocycles. The molecule has 1 fully saturated rings. The smallest absolute Gasteiger partial charge is 0.108 e. The number of thiazole rings is 1. The summed E-state index contributed by atoms with van der Waals surface area (Å²) in [6.07, 6.45) is 0. The monoisotopic (exact) mass is 301 g/mol. The number of rotatable bonds is 4. The Kier molecular flexibility index (Phi) is 4.68. The molecule has 112 valence electrons. The minimum absolute atomic E-state index is 0.523. The SMILES string of the molecule is CC(C)c1sc(CN2CCNCC2)nc1-c1ccccc1. The van der Waals surface area contributed by atoms with Crippen LogP contribution in [-0.2, 0) is 6.54 Å². The van der Waals surface area contributed by atoms with E-state index in [2.05, 4.69) is 54.4 Å². The van der Waals surface area contributed by atoms with Gasteiger partial charge in [-0.2, -0.15) is 0 Å². The van der Waals surface area contributed by atoms with Crippen molar-refractivity contribution in [3.05, 3.63) is 40.2 Å². The first kappa shape index (κ1) is 14.7. The molecule has 1 saturated heterocycles. The second-order valence-corrected chi connectivity index (χ2v) is 6.98. The van der Waals surface area contributed by atoms with Crippen molar-refractivity contribution >= 4 is 11.3 Å². The maximum atomic E-state index is 4.95. The zero-order valence-electron chi connectivity index (χ0n) is 12.8. The van der Waals surface area contributed by atoms with E-state index in [1.54, 1.807) is 0 Å². The van der Waals surface area contributed by atoms with Crippen molar-refractivity contribution in [2.75, 3.05) is 26.2 Å². The van der Waals surface area contributed by atoms with E-state index in [0.717, 1.165) is 32.7 Å². The molecule has 1 aromatic carbocycles. The summed E-state index contributed by atoms with van der Waals surface area (Å²) in [6, 6.07) is 10.6. The van der Waals surface area contributed by atoms with E-state index in [-0.39, 0.29) is 0 Å². The molecular formula is C17H23N3S. The molecule has 0 aliphatic carbocycles. The molecular weight excluding hydrogens is 278 g/mol. The van der Waals surface area contributed by atoms with Crippen LogP contribution in [0.1, 0.15) is 29.7 Å². The fourth-order valence-electron chi connectivity index (χ4n) is 2.70. The van der Waals surface area contributed by atoms with Crippen molar-refractivity contribution in [1.29, 1.82) is 0 Å². The Hall–Kier alpha value is -1.23. The molecule has 2 heterocycles. The van der Waals surface area contributed by atoms with Crippen LogP contribution in [0.25, 0.3) is 11.3 Å². The molecule has 1 aliphatic heterocycles. The number of aromatic nitrogens is 1. The van der Waals surface area contributed by atoms with Gasteiger partial charge in [0.15, 0.2) is 0 Å². The minimum Gasteiger partial charge on any atom is -0.314 e. The van der Waals surface area contributed by atoms with Gasteiger partial charge in [-0.3, -0.25) is 4.90 Å². The Morgan fingerprint density at radius 1 is 1.19 bits per heavy atom. The molecule has 0 spiro atoms. The summed E-state index contributed by atoms with van der Waals surface area (Å²) in [5.74, 6) is 0.523. The van der Waals surface area contributed by atoms with Gasteiger partial charge in [-0.05, 0) is 5.92 Å². The molecule has 0 radical (unpaired) electrons. The van der Waals surface area contributed by atoms with E-state index in [4.69, 9.17) is 4.98 Å². The highest BCUT2D eigenvalue weighted by atomic mass is 32.1. The molecule has 0 amide bonds. The van der Waals surface area contributed by atoms with Crippen molar-refractivity contribution in [2.45, 2.75) is 26.3 Å². The van der Waals surface area contributed by atoms with Gasteiger partial charge in [0, 0.05) is 36.6 Å². The number of nitrogens with one attached hydrogen (secondary N) is 1. The first-order chi connectivity index (χ1) is 10.2. The molecule has 2 aromatic rings. The van der Waals surface area contributed by atoms with Gasteiger partial charge in [0.05, 0.1) is 12.2 Å². The minimum atomic E-state index is 0.523. The van der Waals surface area contributed by atoms with Crippen molar-refractivity contribution in [1.82, 2.24) is 15.2 Å². The molecule has 3 nitrogen and oxygen atoms in total. The Labute approximate surface area is 131 Å². The summed E-state index contributed by atoms with van der Waals surface area (Å²) in [4.78, 5) is 8.86. The molecule has 1 N–H and O–H groups in total. The molecule has 1 aliphatic rings. The normalized spacial score (nSPS) is 16.5. The second kappa shape index (κ2) is 6.69. The quantitative estimate of drug-likeness (QED) is 0.939. The largest absolute Gasteiger partial charge is 0.314 e. The highest BCUT2D eigenvalue weighted by Gasteiger charge is 2.18. The third-order valence-corrected chi connectivity index (χ3v) is 5.18. The number of piperazine rings is 1. The molecule has 0 atom stereocenters. The van der Waals surface area contributed by atoms with Crippen LogP contribution in [0, 0.1) is 0 Å². The van der Waals surface area contributed by atoms with Crippen LogP contribution in [0.4, 0.5) is 0 Å². The van der Waals surface area contributed by atoms with E-state index >= 15 is 0 Å². The summed E-state index contributed by atoms with van der Waals surface area (Å²) in [7, 11) is 0. The summed E-state index contributed by atoms with van der Waals surface area (Å²) in [6.45, 7) is 9.93. The highest BCUT2D eigenvalue weighted by molar-refractivity contribution is 7.12. The van der Waals surface area contributed by atoms with Gasteiger partial charge in [0.25, 0.3) is 0 Å². The summed E-state index contributed by atoms with van der Waals surface area (Å²) in [5.41, 5.74) is 2.42. The van der Waals surface area contributed by atoms with Crippen LogP contribution < -0.4 is 5.32 Å². The number of benzene rings is 1. The standard InChI is InChI=1S/C17H23N3S/c1-13(2)17-16(14-6-4-3-5-7-14)19-15(21-17)12-20-10-8-18-9-11-20/h3-7,13,18H,8-12H2,1-2H3. The van der Waals surface area contributed by atoms with Crippen LogP contribution in [-0.4, -0.2) is 36.1 Å². The predicted octanol–water partition coefficient (Wildman–Crippen LogP) is 3.34. The average Bonchev–Trinajstić information content (AvgIpc) is 2.93. The first-order valence-electron chi connectivity index (χ1n) is 7.72. The maximum absolute atomic E-state index is 4.95. The third-order valence-electron chi connectivity index (χ3n) is 3.84. The van der Waals surface area contributed by atoms with Crippen molar-refractivity contribution in [3.63, 3.8) is 0 Å². The molecule has 0 unspecified atom stereocenters. The topological polar surface area (TPSA) is 28.2 Å². The summed E-state index contributed by atoms with van der Waals surface area (Å²) in [5, 5.41) is 4.65. The lowest BCUT2D eigenvalue weighted by molar-refractivity contribution is 0.233. The Bertz CT molecular complexity index is 571. The van der Waals surface area contributed by atoms with Crippen molar-refractivity contribution in [3.8, 4) is 11.3 Å². The molecule has 3 rings (SSSR count). The van der Waals surface area contributed by atoms with Crippen molar-refractivity contribution < 1.29 is 0 Å². The fraction of sp³-hybridized carbons (Fsp3) is 0.471. The van der Waals surface area contributed by atoms with Gasteiger partial charge in [-0.15, -0.1) is 11.3 Å². The van der Waals surface area contributed by atoms with Crippen LogP contribution in [0.3, 0.4) is 0 Å². The van der Waals surface area contributed by atoms with Crippen LogP contribution >= 0.6 is 11.3 Å². The van der Waals surface area contributed by atoms with Gasteiger partial charge in [-0.25, -0.2) is 4.98 Å². The second-order valence-electron chi connectivity index (χ2n) is 5.87. The molecule has 21 heavy (non-hydrogen) atoms. The van der Waals surface area contributed by atoms with Gasteiger partial charge in [-0.1, -0.05) is 44.2 Å². The van der Waals surface area contributed by atoms with E-state index in [1.807, 2.05) is 11.3 Å². The predicted molar refractivity (Wildman–Crippen MR) is 89.8 cm³/mol. The zero-order chi connectivity index (χ0) is 14.7. The molecule has 0 saturated carbocycles. The van der Waals surface area contributed by atoms with E-state index in [9.17, 15) is 0 Å². The summed E-state index contributed by atoms with van der Waals surface area (Å²) >= 11 is 1.88. The van der Waals surface area contributed by atoms with Crippen LogP contribution in [0.15, 0.2) is 30.3 Å².